The van der Waals surface area contributed by atoms with Crippen molar-refractivity contribution in [2.45, 2.75) is 26.9 Å². The third-order valence-electron chi connectivity index (χ3n) is 3.39. The molecule has 0 radical (unpaired) electrons. The highest BCUT2D eigenvalue weighted by atomic mass is 16.3. The van der Waals surface area contributed by atoms with Crippen LogP contribution in [-0.4, -0.2) is 16.6 Å². The van der Waals surface area contributed by atoms with E-state index in [9.17, 15) is 10.4 Å². The van der Waals surface area contributed by atoms with Crippen LogP contribution in [0.3, 0.4) is 0 Å². The molecule has 0 saturated carbocycles. The molecular formula is C17H19N3O. The van der Waals surface area contributed by atoms with Crippen molar-refractivity contribution >= 4 is 5.69 Å². The molecule has 1 heterocycles. The van der Waals surface area contributed by atoms with Gasteiger partial charge in [-0.2, -0.15) is 5.26 Å². The molecule has 1 unspecified atom stereocenters. The van der Waals surface area contributed by atoms with Crippen LogP contribution >= 0.6 is 0 Å². The summed E-state index contributed by atoms with van der Waals surface area (Å²) in [5, 5.41) is 22.6. The van der Waals surface area contributed by atoms with Crippen LogP contribution in [0.15, 0.2) is 30.3 Å². The fraction of sp³-hybridized carbons (Fsp3) is 0.294. The number of anilines is 1. The van der Waals surface area contributed by atoms with Gasteiger partial charge in [-0.15, -0.1) is 0 Å². The minimum Gasteiger partial charge on any atom is -0.387 e. The first-order chi connectivity index (χ1) is 10.0. The van der Waals surface area contributed by atoms with Gasteiger partial charge >= 0.3 is 0 Å². The second-order valence-corrected chi connectivity index (χ2v) is 5.19. The van der Waals surface area contributed by atoms with E-state index in [1.165, 1.54) is 0 Å². The average molecular weight is 281 g/mol. The molecule has 0 spiro atoms. The predicted molar refractivity (Wildman–Crippen MR) is 83.1 cm³/mol. The van der Waals surface area contributed by atoms with Gasteiger partial charge in [0.1, 0.15) is 6.07 Å². The Morgan fingerprint density at radius 3 is 2.52 bits per heavy atom. The second-order valence-electron chi connectivity index (χ2n) is 5.19. The molecule has 21 heavy (non-hydrogen) atoms. The lowest BCUT2D eigenvalue weighted by Crippen LogP contribution is -2.13. The zero-order valence-corrected chi connectivity index (χ0v) is 12.5. The van der Waals surface area contributed by atoms with Gasteiger partial charge in [-0.25, -0.2) is 0 Å². The summed E-state index contributed by atoms with van der Waals surface area (Å²) in [4.78, 5) is 4.28. The first-order valence-corrected chi connectivity index (χ1v) is 6.88. The summed E-state index contributed by atoms with van der Waals surface area (Å²) in [6.45, 7) is 6.06. The van der Waals surface area contributed by atoms with Crippen molar-refractivity contribution < 1.29 is 5.11 Å². The van der Waals surface area contributed by atoms with Crippen LogP contribution in [0.1, 0.15) is 34.2 Å². The highest BCUT2D eigenvalue weighted by Crippen LogP contribution is 2.20. The predicted octanol–water partition coefficient (Wildman–Crippen LogP) is 3.02. The maximum absolute atomic E-state index is 10.2. The Hall–Kier alpha value is -2.38. The van der Waals surface area contributed by atoms with Crippen LogP contribution in [0, 0.1) is 32.1 Å². The fourth-order valence-electron chi connectivity index (χ4n) is 2.22. The quantitative estimate of drug-likeness (QED) is 0.904. The van der Waals surface area contributed by atoms with Gasteiger partial charge in [-0.3, -0.25) is 4.98 Å². The van der Waals surface area contributed by atoms with E-state index >= 15 is 0 Å². The Balaban J connectivity index is 2.13. The van der Waals surface area contributed by atoms with E-state index in [2.05, 4.69) is 16.4 Å². The van der Waals surface area contributed by atoms with E-state index in [0.717, 1.165) is 16.8 Å². The van der Waals surface area contributed by atoms with Gasteiger partial charge in [-0.1, -0.05) is 29.8 Å². The van der Waals surface area contributed by atoms with Crippen LogP contribution in [0.25, 0.3) is 0 Å². The van der Waals surface area contributed by atoms with Crippen LogP contribution in [-0.2, 0) is 0 Å². The Kier molecular flexibility index (Phi) is 4.56. The van der Waals surface area contributed by atoms with E-state index in [-0.39, 0.29) is 0 Å². The van der Waals surface area contributed by atoms with Crippen molar-refractivity contribution in [1.29, 1.82) is 5.26 Å². The Bertz CT molecular complexity index is 672. The number of hydrogen-bond donors (Lipinski definition) is 2. The molecule has 0 aliphatic rings. The monoisotopic (exact) mass is 281 g/mol. The lowest BCUT2D eigenvalue weighted by Gasteiger charge is -2.15. The molecule has 2 rings (SSSR count). The van der Waals surface area contributed by atoms with Crippen molar-refractivity contribution in [2.75, 3.05) is 11.9 Å². The molecule has 1 aromatic heterocycles. The molecule has 4 nitrogen and oxygen atoms in total. The summed E-state index contributed by atoms with van der Waals surface area (Å²) in [6, 6.07) is 11.8. The zero-order valence-electron chi connectivity index (χ0n) is 12.5. The van der Waals surface area contributed by atoms with Gasteiger partial charge in [0.25, 0.3) is 0 Å². The molecule has 1 aromatic carbocycles. The average Bonchev–Trinajstić information content (AvgIpc) is 2.45. The summed E-state index contributed by atoms with van der Waals surface area (Å²) < 4.78 is 0. The van der Waals surface area contributed by atoms with Crippen LogP contribution in [0.4, 0.5) is 5.69 Å². The number of nitriles is 1. The number of aryl methyl sites for hydroxylation is 3. The minimum atomic E-state index is -0.620. The van der Waals surface area contributed by atoms with Crippen molar-refractivity contribution in [2.24, 2.45) is 0 Å². The van der Waals surface area contributed by atoms with Crippen molar-refractivity contribution in [1.82, 2.24) is 4.98 Å². The number of pyridine rings is 1. The molecule has 0 aliphatic carbocycles. The van der Waals surface area contributed by atoms with Gasteiger partial charge in [0.15, 0.2) is 0 Å². The molecule has 2 N–H and O–H groups in total. The number of aliphatic hydroxyl groups excluding tert-OH is 1. The third kappa shape index (κ3) is 3.59. The molecule has 0 saturated heterocycles. The Morgan fingerprint density at radius 2 is 1.90 bits per heavy atom. The Morgan fingerprint density at radius 1 is 1.24 bits per heavy atom. The first kappa shape index (κ1) is 15.0. The second kappa shape index (κ2) is 6.38. The smallest absolute Gasteiger partial charge is 0.103 e. The number of benzene rings is 1. The van der Waals surface area contributed by atoms with Crippen molar-refractivity contribution in [3.8, 4) is 6.07 Å². The number of hydrogen-bond acceptors (Lipinski definition) is 4. The molecular weight excluding hydrogens is 262 g/mol. The van der Waals surface area contributed by atoms with Gasteiger partial charge in [-0.05, 0) is 32.4 Å². The highest BCUT2D eigenvalue weighted by Gasteiger charge is 2.11. The number of rotatable bonds is 4. The normalized spacial score (nSPS) is 11.8. The molecule has 108 valence electrons. The molecule has 0 amide bonds. The third-order valence-corrected chi connectivity index (χ3v) is 3.39. The lowest BCUT2D eigenvalue weighted by atomic mass is 10.1. The molecule has 0 aliphatic heterocycles. The number of nitrogens with zero attached hydrogens (tertiary/aromatic N) is 2. The minimum absolute atomic E-state index is 0.348. The largest absolute Gasteiger partial charge is 0.387 e. The van der Waals surface area contributed by atoms with Crippen LogP contribution in [0.5, 0.6) is 0 Å². The molecule has 0 fully saturated rings. The van der Waals surface area contributed by atoms with Gasteiger partial charge in [0, 0.05) is 12.2 Å². The number of nitrogens with one attached hydrogen (secondary N) is 1. The van der Waals surface area contributed by atoms with Crippen molar-refractivity contribution in [3.63, 3.8) is 0 Å². The number of aromatic nitrogens is 1. The van der Waals surface area contributed by atoms with Gasteiger partial charge in [0.2, 0.25) is 0 Å². The van der Waals surface area contributed by atoms with Crippen LogP contribution in [0.2, 0.25) is 0 Å². The highest BCUT2D eigenvalue weighted by molar-refractivity contribution is 5.59. The van der Waals surface area contributed by atoms with E-state index in [0.29, 0.717) is 23.5 Å². The van der Waals surface area contributed by atoms with E-state index < -0.39 is 6.10 Å². The fourth-order valence-corrected chi connectivity index (χ4v) is 2.22. The first-order valence-electron chi connectivity index (χ1n) is 6.88. The van der Waals surface area contributed by atoms with Gasteiger partial charge < -0.3 is 10.4 Å². The lowest BCUT2D eigenvalue weighted by molar-refractivity contribution is 0.191. The zero-order chi connectivity index (χ0) is 15.4. The summed E-state index contributed by atoms with van der Waals surface area (Å²) in [6.07, 6.45) is -0.620. The molecule has 1 atom stereocenters. The maximum atomic E-state index is 10.2. The topological polar surface area (TPSA) is 68.9 Å². The molecule has 0 bridgehead atoms. The summed E-state index contributed by atoms with van der Waals surface area (Å²) in [5.41, 5.74) is 4.80. The molecule has 4 heteroatoms. The van der Waals surface area contributed by atoms with Crippen molar-refractivity contribution in [3.05, 3.63) is 58.4 Å². The summed E-state index contributed by atoms with van der Waals surface area (Å²) >= 11 is 0. The SMILES string of the molecule is Cc1ccc(C(O)CNc2cc(C)nc(C)c2C#N)cc1. The van der Waals surface area contributed by atoms with Crippen LogP contribution < -0.4 is 5.32 Å². The van der Waals surface area contributed by atoms with E-state index in [1.54, 1.807) is 0 Å². The van der Waals surface area contributed by atoms with E-state index in [4.69, 9.17) is 0 Å². The summed E-state index contributed by atoms with van der Waals surface area (Å²) in [5.74, 6) is 0. The van der Waals surface area contributed by atoms with E-state index in [1.807, 2.05) is 51.1 Å². The number of aliphatic hydroxyl groups is 1. The summed E-state index contributed by atoms with van der Waals surface area (Å²) in [7, 11) is 0. The molecule has 2 aromatic rings. The maximum Gasteiger partial charge on any atom is 0.103 e. The van der Waals surface area contributed by atoms with Gasteiger partial charge in [0.05, 0.1) is 23.0 Å². The Labute approximate surface area is 125 Å². The standard InChI is InChI=1S/C17H19N3O/c1-11-4-6-14(7-5-11)17(21)10-19-16-8-12(2)20-13(3)15(16)9-18/h4-8,17,21H,10H2,1-3H3,(H,19,20).